The van der Waals surface area contributed by atoms with Crippen LogP contribution in [0.4, 0.5) is 10.1 Å². The second-order valence-electron chi connectivity index (χ2n) is 11.0. The number of rotatable bonds is 7. The molecule has 2 aromatic carbocycles. The van der Waals surface area contributed by atoms with Gasteiger partial charge in [-0.3, -0.25) is 18.7 Å². The van der Waals surface area contributed by atoms with E-state index in [-0.39, 0.29) is 40.3 Å². The molecule has 1 amide bonds. The Morgan fingerprint density at radius 2 is 1.97 bits per heavy atom. The molecule has 0 radical (unpaired) electrons. The molecule has 204 valence electrons. The van der Waals surface area contributed by atoms with Crippen molar-refractivity contribution >= 4 is 33.3 Å². The third-order valence-electron chi connectivity index (χ3n) is 6.88. The maximum atomic E-state index is 15.3. The predicted octanol–water partition coefficient (Wildman–Crippen LogP) is 5.20. The normalized spacial score (nSPS) is 18.0. The van der Waals surface area contributed by atoms with E-state index in [2.05, 4.69) is 15.4 Å². The highest BCUT2D eigenvalue weighted by atomic mass is 32.2. The molecule has 8 nitrogen and oxygen atoms in total. The number of pyridine rings is 1. The second-order valence-corrected chi connectivity index (χ2v) is 12.7. The molecule has 1 atom stereocenters. The number of nitrogens with zero attached hydrogens (tertiary/aromatic N) is 3. The van der Waals surface area contributed by atoms with Crippen molar-refractivity contribution in [2.24, 2.45) is 5.73 Å². The van der Waals surface area contributed by atoms with Crippen molar-refractivity contribution in [2.75, 3.05) is 5.32 Å². The molecule has 5 rings (SSSR count). The van der Waals surface area contributed by atoms with Gasteiger partial charge in [-0.1, -0.05) is 6.07 Å². The second kappa shape index (κ2) is 10.5. The van der Waals surface area contributed by atoms with Gasteiger partial charge in [0.05, 0.1) is 40.2 Å². The van der Waals surface area contributed by atoms with Crippen LogP contribution in [0, 0.1) is 12.7 Å². The van der Waals surface area contributed by atoms with Crippen LogP contribution in [0.3, 0.4) is 0 Å². The van der Waals surface area contributed by atoms with Crippen molar-refractivity contribution in [3.05, 3.63) is 71.9 Å². The highest BCUT2D eigenvalue weighted by Gasteiger charge is 2.32. The van der Waals surface area contributed by atoms with E-state index in [4.69, 9.17) is 10.5 Å². The van der Waals surface area contributed by atoms with Crippen LogP contribution in [0.2, 0.25) is 0 Å². The van der Waals surface area contributed by atoms with Crippen LogP contribution in [0.15, 0.2) is 59.9 Å². The van der Waals surface area contributed by atoms with E-state index >= 15 is 4.39 Å². The number of nitrogens with one attached hydrogen (secondary N) is 1. The van der Waals surface area contributed by atoms with Crippen molar-refractivity contribution in [3.8, 4) is 11.5 Å². The molecule has 1 fully saturated rings. The first-order valence-electron chi connectivity index (χ1n) is 12.9. The van der Waals surface area contributed by atoms with Crippen molar-refractivity contribution in [1.82, 2.24) is 14.8 Å². The summed E-state index contributed by atoms with van der Waals surface area (Å²) in [4.78, 5) is 17.7. The van der Waals surface area contributed by atoms with E-state index < -0.39 is 16.6 Å². The Balaban J connectivity index is 1.33. The average Bonchev–Trinajstić information content (AvgIpc) is 3.35. The third-order valence-corrected chi connectivity index (χ3v) is 8.59. The summed E-state index contributed by atoms with van der Waals surface area (Å²) in [6.45, 7) is 7.64. The molecule has 4 aromatic rings. The van der Waals surface area contributed by atoms with Gasteiger partial charge in [0.1, 0.15) is 17.3 Å². The standard InChI is InChI=1S/C29H32FN5O3S/c1-17-25(8-5-18(28(17)30)11-27(36)34-20-15-33-35(16-20)29(2,3)4)38-26-9-10-32-24-7-6-21(14-23(24)26)39(37)22-12-19(31)13-22/h5-10,14-16,19,22H,11-13,31H2,1-4H3,(H,34,36). The molecule has 1 unspecified atom stereocenters. The number of halogens is 1. The maximum absolute atomic E-state index is 15.3. The zero-order chi connectivity index (χ0) is 27.9. The summed E-state index contributed by atoms with van der Waals surface area (Å²) in [6, 6.07) is 10.5. The highest BCUT2D eigenvalue weighted by Crippen LogP contribution is 2.35. The maximum Gasteiger partial charge on any atom is 0.228 e. The van der Waals surface area contributed by atoms with Gasteiger partial charge in [-0.25, -0.2) is 4.39 Å². The molecule has 0 saturated heterocycles. The van der Waals surface area contributed by atoms with E-state index in [1.807, 2.05) is 39.0 Å². The van der Waals surface area contributed by atoms with E-state index in [9.17, 15) is 9.00 Å². The van der Waals surface area contributed by atoms with Gasteiger partial charge in [0, 0.05) is 39.5 Å². The van der Waals surface area contributed by atoms with Crippen LogP contribution in [0.25, 0.3) is 10.9 Å². The van der Waals surface area contributed by atoms with E-state index in [0.717, 1.165) is 12.8 Å². The number of benzene rings is 2. The number of hydrogen-bond donors (Lipinski definition) is 2. The van der Waals surface area contributed by atoms with Crippen molar-refractivity contribution < 1.29 is 18.1 Å². The van der Waals surface area contributed by atoms with Gasteiger partial charge in [0.25, 0.3) is 0 Å². The number of anilines is 1. The lowest BCUT2D eigenvalue weighted by atomic mass is 9.93. The quantitative estimate of drug-likeness (QED) is 0.328. The summed E-state index contributed by atoms with van der Waals surface area (Å²) in [5.41, 5.74) is 7.44. The number of amides is 1. The molecular formula is C29H32FN5O3S. The Bertz CT molecular complexity index is 1570. The third kappa shape index (κ3) is 5.72. The van der Waals surface area contributed by atoms with Gasteiger partial charge in [0.15, 0.2) is 0 Å². The summed E-state index contributed by atoms with van der Waals surface area (Å²) in [7, 11) is -1.17. The van der Waals surface area contributed by atoms with Gasteiger partial charge in [-0.15, -0.1) is 0 Å². The summed E-state index contributed by atoms with van der Waals surface area (Å²) >= 11 is 0. The lowest BCUT2D eigenvalue weighted by Crippen LogP contribution is -2.42. The van der Waals surface area contributed by atoms with Crippen LogP contribution >= 0.6 is 0 Å². The van der Waals surface area contributed by atoms with Crippen molar-refractivity contribution in [1.29, 1.82) is 0 Å². The number of fused-ring (bicyclic) bond motifs is 1. The van der Waals surface area contributed by atoms with Gasteiger partial charge < -0.3 is 15.8 Å². The van der Waals surface area contributed by atoms with Crippen LogP contribution < -0.4 is 15.8 Å². The summed E-state index contributed by atoms with van der Waals surface area (Å²) < 4.78 is 36.2. The lowest BCUT2D eigenvalue weighted by molar-refractivity contribution is -0.115. The molecule has 2 aromatic heterocycles. The zero-order valence-corrected chi connectivity index (χ0v) is 23.2. The van der Waals surface area contributed by atoms with E-state index in [1.54, 1.807) is 48.4 Å². The SMILES string of the molecule is Cc1c(Oc2ccnc3ccc(S(=O)C4CC(N)C4)cc23)ccc(CC(=O)Nc2cnn(C(C)(C)C)c2)c1F. The molecule has 0 aliphatic heterocycles. The molecule has 10 heteroatoms. The van der Waals surface area contributed by atoms with Crippen LogP contribution in [0.5, 0.6) is 11.5 Å². The molecular weight excluding hydrogens is 517 g/mol. The molecule has 3 N–H and O–H groups in total. The van der Waals surface area contributed by atoms with Crippen LogP contribution in [0.1, 0.15) is 44.7 Å². The fourth-order valence-corrected chi connectivity index (χ4v) is 6.17. The average molecular weight is 550 g/mol. The molecule has 1 aliphatic carbocycles. The Kier molecular flexibility index (Phi) is 7.26. The minimum absolute atomic E-state index is 0.0502. The van der Waals surface area contributed by atoms with E-state index in [0.29, 0.717) is 33.0 Å². The largest absolute Gasteiger partial charge is 0.456 e. The van der Waals surface area contributed by atoms with Gasteiger partial charge in [0.2, 0.25) is 5.91 Å². The topological polar surface area (TPSA) is 112 Å². The lowest BCUT2D eigenvalue weighted by Gasteiger charge is -2.31. The molecule has 1 aliphatic rings. The Morgan fingerprint density at radius 3 is 2.67 bits per heavy atom. The van der Waals surface area contributed by atoms with Crippen molar-refractivity contribution in [2.45, 2.75) is 68.7 Å². The predicted molar refractivity (Wildman–Crippen MR) is 150 cm³/mol. The van der Waals surface area contributed by atoms with Crippen molar-refractivity contribution in [3.63, 3.8) is 0 Å². The minimum atomic E-state index is -1.17. The monoisotopic (exact) mass is 549 g/mol. The number of aromatic nitrogens is 3. The van der Waals surface area contributed by atoms with Gasteiger partial charge >= 0.3 is 0 Å². The highest BCUT2D eigenvalue weighted by molar-refractivity contribution is 7.85. The zero-order valence-electron chi connectivity index (χ0n) is 22.4. The number of carbonyl (C=O) groups excluding carboxylic acids is 1. The smallest absolute Gasteiger partial charge is 0.228 e. The van der Waals surface area contributed by atoms with Crippen LogP contribution in [-0.2, 0) is 27.6 Å². The fraction of sp³-hybridized carbons (Fsp3) is 0.345. The molecule has 2 heterocycles. The first kappa shape index (κ1) is 27.0. The minimum Gasteiger partial charge on any atom is -0.456 e. The first-order valence-corrected chi connectivity index (χ1v) is 14.1. The summed E-state index contributed by atoms with van der Waals surface area (Å²) in [5.74, 6) is -0.0434. The number of nitrogens with two attached hydrogens (primary N) is 1. The van der Waals surface area contributed by atoms with E-state index in [1.165, 1.54) is 0 Å². The first-order chi connectivity index (χ1) is 18.5. The Hall–Kier alpha value is -3.63. The number of hydrogen-bond acceptors (Lipinski definition) is 6. The Morgan fingerprint density at radius 1 is 1.21 bits per heavy atom. The van der Waals surface area contributed by atoms with Crippen LogP contribution in [-0.4, -0.2) is 36.2 Å². The molecule has 0 spiro atoms. The fourth-order valence-electron chi connectivity index (χ4n) is 4.51. The van der Waals surface area contributed by atoms with Gasteiger partial charge in [-0.05, 0) is 76.4 Å². The summed E-state index contributed by atoms with van der Waals surface area (Å²) in [5, 5.41) is 7.79. The molecule has 0 bridgehead atoms. The van der Waals surface area contributed by atoms with Gasteiger partial charge in [-0.2, -0.15) is 5.10 Å². The molecule has 39 heavy (non-hydrogen) atoms. The Labute approximate surface area is 229 Å². The number of ether oxygens (including phenoxy) is 1. The number of carbonyl (C=O) groups is 1. The molecule has 1 saturated carbocycles. The summed E-state index contributed by atoms with van der Waals surface area (Å²) in [6.07, 6.45) is 6.28.